The minimum absolute atomic E-state index is 0.279. The molecule has 2 aromatic rings. The topological polar surface area (TPSA) is 36.2 Å². The number of halogens is 1. The van der Waals surface area contributed by atoms with E-state index in [4.69, 9.17) is 4.74 Å². The second kappa shape index (κ2) is 3.73. The Bertz CT molecular complexity index is 571. The molecule has 2 heterocycles. The van der Waals surface area contributed by atoms with Crippen LogP contribution in [0.25, 0.3) is 0 Å². The summed E-state index contributed by atoms with van der Waals surface area (Å²) in [4.78, 5) is 0. The van der Waals surface area contributed by atoms with E-state index in [9.17, 15) is 9.60 Å². The van der Waals surface area contributed by atoms with Gasteiger partial charge < -0.3 is 9.94 Å². The molecule has 0 saturated carbocycles. The van der Waals surface area contributed by atoms with Gasteiger partial charge >= 0.3 is 0 Å². The molecule has 1 unspecified atom stereocenters. The number of hydrogen-bond acceptors (Lipinski definition) is 2. The van der Waals surface area contributed by atoms with E-state index in [1.807, 2.05) is 0 Å². The third-order valence-electron chi connectivity index (χ3n) is 2.92. The summed E-state index contributed by atoms with van der Waals surface area (Å²) in [6, 6.07) is 9.84. The largest absolute Gasteiger partial charge is 0.618 e. The average molecular weight is 231 g/mol. The van der Waals surface area contributed by atoms with Crippen molar-refractivity contribution in [3.8, 4) is 5.75 Å². The van der Waals surface area contributed by atoms with Crippen LogP contribution in [-0.4, -0.2) is 0 Å². The van der Waals surface area contributed by atoms with Crippen molar-refractivity contribution in [2.75, 3.05) is 0 Å². The number of fused-ring (bicyclic) bond motifs is 1. The zero-order chi connectivity index (χ0) is 11.8. The Morgan fingerprint density at radius 1 is 1.24 bits per heavy atom. The van der Waals surface area contributed by atoms with Crippen molar-refractivity contribution < 1.29 is 13.9 Å². The van der Waals surface area contributed by atoms with Crippen LogP contribution in [0, 0.1) is 11.0 Å². The molecule has 0 fully saturated rings. The summed E-state index contributed by atoms with van der Waals surface area (Å²) in [5, 5.41) is 11.6. The average Bonchev–Trinajstić information content (AvgIpc) is 2.75. The fourth-order valence-corrected chi connectivity index (χ4v) is 2.08. The lowest BCUT2D eigenvalue weighted by atomic mass is 10.1. The van der Waals surface area contributed by atoms with Crippen LogP contribution in [-0.2, 0) is 6.42 Å². The molecule has 1 aliphatic rings. The molecular weight excluding hydrogens is 221 g/mol. The van der Waals surface area contributed by atoms with E-state index >= 15 is 0 Å². The van der Waals surface area contributed by atoms with Crippen molar-refractivity contribution in [1.29, 1.82) is 0 Å². The van der Waals surface area contributed by atoms with Gasteiger partial charge in [-0.3, -0.25) is 0 Å². The molecule has 1 atom stereocenters. The van der Waals surface area contributed by atoms with Gasteiger partial charge in [0.15, 0.2) is 12.3 Å². The molecule has 0 radical (unpaired) electrons. The molecule has 0 amide bonds. The second-order valence-electron chi connectivity index (χ2n) is 3.98. The van der Waals surface area contributed by atoms with Crippen molar-refractivity contribution in [3.63, 3.8) is 0 Å². The number of rotatable bonds is 1. The van der Waals surface area contributed by atoms with Crippen LogP contribution in [0.1, 0.15) is 17.4 Å². The number of nitrogens with zero attached hydrogens (tertiary/aromatic N) is 1. The number of hydrogen-bond donors (Lipinski definition) is 0. The van der Waals surface area contributed by atoms with Gasteiger partial charge in [0.25, 0.3) is 0 Å². The van der Waals surface area contributed by atoms with E-state index in [0.717, 1.165) is 4.73 Å². The van der Waals surface area contributed by atoms with Crippen LogP contribution >= 0.6 is 0 Å². The molecule has 0 aliphatic carbocycles. The SMILES string of the molecule is [O-][n+]1ccccc1C1Cc2c(F)cccc2O1. The predicted octanol–water partition coefficient (Wildman–Crippen LogP) is 2.14. The Hall–Kier alpha value is -2.10. The van der Waals surface area contributed by atoms with Gasteiger partial charge in [0, 0.05) is 24.1 Å². The third-order valence-corrected chi connectivity index (χ3v) is 2.92. The fourth-order valence-electron chi connectivity index (χ4n) is 2.08. The highest BCUT2D eigenvalue weighted by Gasteiger charge is 2.31. The van der Waals surface area contributed by atoms with E-state index in [0.29, 0.717) is 23.4 Å². The van der Waals surface area contributed by atoms with Crippen LogP contribution in [0.3, 0.4) is 0 Å². The van der Waals surface area contributed by atoms with Gasteiger partial charge in [0.2, 0.25) is 5.69 Å². The van der Waals surface area contributed by atoms with E-state index in [-0.39, 0.29) is 5.82 Å². The molecule has 3 nitrogen and oxygen atoms in total. The minimum atomic E-state index is -0.402. The molecular formula is C13H10FNO2. The molecule has 0 bridgehead atoms. The molecule has 4 heteroatoms. The Labute approximate surface area is 97.7 Å². The molecule has 3 rings (SSSR count). The molecule has 0 saturated heterocycles. The van der Waals surface area contributed by atoms with Gasteiger partial charge in [-0.25, -0.2) is 4.39 Å². The maximum Gasteiger partial charge on any atom is 0.233 e. The predicted molar refractivity (Wildman–Crippen MR) is 58.9 cm³/mol. The molecule has 0 spiro atoms. The summed E-state index contributed by atoms with van der Waals surface area (Å²) >= 11 is 0. The van der Waals surface area contributed by atoms with Crippen molar-refractivity contribution in [2.45, 2.75) is 12.5 Å². The third kappa shape index (κ3) is 1.62. The van der Waals surface area contributed by atoms with E-state index < -0.39 is 6.10 Å². The summed E-state index contributed by atoms with van der Waals surface area (Å²) in [6.07, 6.45) is 1.41. The van der Waals surface area contributed by atoms with Crippen molar-refractivity contribution in [2.24, 2.45) is 0 Å². The summed E-state index contributed by atoms with van der Waals surface area (Å²) < 4.78 is 19.9. The van der Waals surface area contributed by atoms with E-state index in [2.05, 4.69) is 0 Å². The number of aromatic nitrogens is 1. The zero-order valence-corrected chi connectivity index (χ0v) is 8.97. The van der Waals surface area contributed by atoms with Crippen LogP contribution in [0.5, 0.6) is 5.75 Å². The number of ether oxygens (including phenoxy) is 1. The quantitative estimate of drug-likeness (QED) is 0.557. The lowest BCUT2D eigenvalue weighted by molar-refractivity contribution is -0.617. The van der Waals surface area contributed by atoms with Crippen LogP contribution in [0.4, 0.5) is 4.39 Å². The lowest BCUT2D eigenvalue weighted by Gasteiger charge is -2.10. The summed E-state index contributed by atoms with van der Waals surface area (Å²) in [7, 11) is 0. The Morgan fingerprint density at radius 3 is 2.88 bits per heavy atom. The van der Waals surface area contributed by atoms with Crippen molar-refractivity contribution >= 4 is 0 Å². The molecule has 0 N–H and O–H groups in total. The highest BCUT2D eigenvalue weighted by molar-refractivity contribution is 5.39. The highest BCUT2D eigenvalue weighted by Crippen LogP contribution is 2.36. The first-order valence-corrected chi connectivity index (χ1v) is 5.38. The number of pyridine rings is 1. The van der Waals surface area contributed by atoms with Crippen LogP contribution in [0.2, 0.25) is 0 Å². The van der Waals surface area contributed by atoms with Gasteiger partial charge in [-0.15, -0.1) is 0 Å². The standard InChI is InChI=1S/C13H10FNO2/c14-10-4-3-6-12-9(10)8-13(17-12)11-5-1-2-7-15(11)16/h1-7,13H,8H2. The fraction of sp³-hybridized carbons (Fsp3) is 0.154. The van der Waals surface area contributed by atoms with Gasteiger partial charge in [0.05, 0.1) is 0 Å². The lowest BCUT2D eigenvalue weighted by Crippen LogP contribution is -2.33. The monoisotopic (exact) mass is 231 g/mol. The Balaban J connectivity index is 1.97. The summed E-state index contributed by atoms with van der Waals surface area (Å²) in [5.74, 6) is 0.247. The second-order valence-corrected chi connectivity index (χ2v) is 3.98. The van der Waals surface area contributed by atoms with E-state index in [1.54, 1.807) is 30.3 Å². The minimum Gasteiger partial charge on any atom is -0.618 e. The van der Waals surface area contributed by atoms with Crippen molar-refractivity contribution in [3.05, 3.63) is 64.9 Å². The molecule has 86 valence electrons. The van der Waals surface area contributed by atoms with Gasteiger partial charge in [0.1, 0.15) is 11.6 Å². The molecule has 1 aliphatic heterocycles. The van der Waals surface area contributed by atoms with Crippen LogP contribution in [0.15, 0.2) is 42.6 Å². The van der Waals surface area contributed by atoms with Gasteiger partial charge in [-0.2, -0.15) is 4.73 Å². The first-order chi connectivity index (χ1) is 8.25. The summed E-state index contributed by atoms with van der Waals surface area (Å²) in [6.45, 7) is 0. The van der Waals surface area contributed by atoms with Gasteiger partial charge in [-0.05, 0) is 18.2 Å². The Kier molecular flexibility index (Phi) is 2.21. The maximum absolute atomic E-state index is 13.5. The van der Waals surface area contributed by atoms with Gasteiger partial charge in [-0.1, -0.05) is 6.07 Å². The van der Waals surface area contributed by atoms with Crippen LogP contribution < -0.4 is 9.47 Å². The normalized spacial score (nSPS) is 17.6. The maximum atomic E-state index is 13.5. The first-order valence-electron chi connectivity index (χ1n) is 5.38. The molecule has 17 heavy (non-hydrogen) atoms. The molecule has 1 aromatic heterocycles. The first kappa shape index (κ1) is 10.1. The van der Waals surface area contributed by atoms with Crippen molar-refractivity contribution in [1.82, 2.24) is 0 Å². The number of benzene rings is 1. The highest BCUT2D eigenvalue weighted by atomic mass is 19.1. The van der Waals surface area contributed by atoms with E-state index in [1.165, 1.54) is 12.3 Å². The summed E-state index contributed by atoms with van der Waals surface area (Å²) in [5.41, 5.74) is 1.05. The zero-order valence-electron chi connectivity index (χ0n) is 8.97. The Morgan fingerprint density at radius 2 is 2.12 bits per heavy atom. The smallest absolute Gasteiger partial charge is 0.233 e. The molecule has 1 aromatic carbocycles.